The number of hydrogen-bond donors (Lipinski definition) is 2. The zero-order chi connectivity index (χ0) is 9.19. The summed E-state index contributed by atoms with van der Waals surface area (Å²) in [6.07, 6.45) is 7.38. The molecular formula is C10H15O2. The summed E-state index contributed by atoms with van der Waals surface area (Å²) in [4.78, 5) is 0. The summed E-state index contributed by atoms with van der Waals surface area (Å²) >= 11 is 0. The molecule has 0 aliphatic heterocycles. The maximum Gasteiger partial charge on any atom is 0.0968 e. The van der Waals surface area contributed by atoms with Crippen molar-refractivity contribution in [3.8, 4) is 0 Å². The van der Waals surface area contributed by atoms with Gasteiger partial charge in [0.1, 0.15) is 0 Å². The van der Waals surface area contributed by atoms with Crippen LogP contribution in [0.25, 0.3) is 0 Å². The standard InChI is InChI=1S/C10H15O2/c1-8(2)10(12,7-11)9-5-3-4-6-9/h3-6,8,11-12H,7H2,1-2H3/t10-/m1/s1. The van der Waals surface area contributed by atoms with Crippen molar-refractivity contribution in [2.75, 3.05) is 6.61 Å². The average Bonchev–Trinajstić information content (AvgIpc) is 2.54. The Labute approximate surface area is 74.6 Å². The molecule has 0 unspecified atom stereocenters. The third-order valence-corrected chi connectivity index (χ3v) is 2.36. The van der Waals surface area contributed by atoms with Gasteiger partial charge in [-0.2, -0.15) is 0 Å². The van der Waals surface area contributed by atoms with Gasteiger partial charge in [-0.15, -0.1) is 0 Å². The molecule has 1 fully saturated rings. The topological polar surface area (TPSA) is 40.5 Å². The minimum Gasteiger partial charge on any atom is -0.393 e. The van der Waals surface area contributed by atoms with E-state index >= 15 is 0 Å². The normalized spacial score (nSPS) is 24.8. The number of aliphatic hydroxyl groups excluding tert-OH is 1. The first-order valence-electron chi connectivity index (χ1n) is 4.16. The quantitative estimate of drug-likeness (QED) is 0.652. The van der Waals surface area contributed by atoms with Gasteiger partial charge in [0, 0.05) is 5.92 Å². The molecule has 0 bridgehead atoms. The Morgan fingerprint density at radius 2 is 1.83 bits per heavy atom. The molecule has 1 aliphatic rings. The van der Waals surface area contributed by atoms with Crippen molar-refractivity contribution in [3.63, 3.8) is 0 Å². The summed E-state index contributed by atoms with van der Waals surface area (Å²) < 4.78 is 0. The van der Waals surface area contributed by atoms with E-state index in [0.29, 0.717) is 0 Å². The first-order chi connectivity index (χ1) is 5.61. The monoisotopic (exact) mass is 167 g/mol. The Kier molecular flexibility index (Phi) is 3.13. The maximum absolute atomic E-state index is 10.0. The minimum absolute atomic E-state index is 0.0184. The van der Waals surface area contributed by atoms with Crippen LogP contribution in [0.5, 0.6) is 0 Å². The SMILES string of the molecule is CC(C)[C@](O)(CO)[C]1[CH][CH][CH][CH]1. The average molecular weight is 167 g/mol. The third-order valence-electron chi connectivity index (χ3n) is 2.36. The van der Waals surface area contributed by atoms with E-state index in [1.807, 2.05) is 39.5 Å². The molecule has 1 saturated carbocycles. The second kappa shape index (κ2) is 3.75. The molecule has 0 aromatic carbocycles. The van der Waals surface area contributed by atoms with Gasteiger partial charge in [-0.25, -0.2) is 0 Å². The lowest BCUT2D eigenvalue weighted by Gasteiger charge is -2.35. The largest absolute Gasteiger partial charge is 0.393 e. The van der Waals surface area contributed by atoms with Crippen molar-refractivity contribution in [2.45, 2.75) is 19.4 Å². The Hall–Kier alpha value is -0.0800. The highest BCUT2D eigenvalue weighted by Crippen LogP contribution is 2.37. The molecule has 0 aromatic heterocycles. The molecule has 0 amide bonds. The van der Waals surface area contributed by atoms with Crippen LogP contribution in [0.3, 0.4) is 0 Å². The second-order valence-electron chi connectivity index (χ2n) is 3.41. The van der Waals surface area contributed by atoms with Gasteiger partial charge in [0.2, 0.25) is 0 Å². The van der Waals surface area contributed by atoms with Crippen LogP contribution < -0.4 is 0 Å². The van der Waals surface area contributed by atoms with E-state index in [2.05, 4.69) is 0 Å². The smallest absolute Gasteiger partial charge is 0.0968 e. The molecule has 0 aromatic rings. The van der Waals surface area contributed by atoms with Crippen molar-refractivity contribution in [3.05, 3.63) is 31.6 Å². The summed E-state index contributed by atoms with van der Waals surface area (Å²) in [5.41, 5.74) is -1.08. The van der Waals surface area contributed by atoms with E-state index < -0.39 is 5.60 Å². The van der Waals surface area contributed by atoms with E-state index in [0.717, 1.165) is 5.92 Å². The van der Waals surface area contributed by atoms with E-state index in [1.54, 1.807) is 0 Å². The summed E-state index contributed by atoms with van der Waals surface area (Å²) in [7, 11) is 0. The molecule has 12 heavy (non-hydrogen) atoms. The first kappa shape index (κ1) is 10.0. The fourth-order valence-corrected chi connectivity index (χ4v) is 1.27. The fraction of sp³-hybridized carbons (Fsp3) is 0.500. The molecule has 2 nitrogen and oxygen atoms in total. The molecule has 0 spiro atoms. The van der Waals surface area contributed by atoms with Gasteiger partial charge < -0.3 is 10.2 Å². The van der Waals surface area contributed by atoms with E-state index in [1.165, 1.54) is 0 Å². The Balaban J connectivity index is 2.64. The minimum atomic E-state index is -1.08. The summed E-state index contributed by atoms with van der Waals surface area (Å²) in [5.74, 6) is 0.810. The lowest BCUT2D eigenvalue weighted by atomic mass is 9.78. The highest BCUT2D eigenvalue weighted by Gasteiger charge is 2.41. The highest BCUT2D eigenvalue weighted by molar-refractivity contribution is 5.41. The van der Waals surface area contributed by atoms with Gasteiger partial charge >= 0.3 is 0 Å². The van der Waals surface area contributed by atoms with Crippen molar-refractivity contribution in [1.29, 1.82) is 0 Å². The molecule has 0 saturated heterocycles. The van der Waals surface area contributed by atoms with Crippen LogP contribution in [0.4, 0.5) is 0 Å². The molecule has 2 N–H and O–H groups in total. The van der Waals surface area contributed by atoms with Crippen LogP contribution >= 0.6 is 0 Å². The lowest BCUT2D eigenvalue weighted by molar-refractivity contribution is -0.0318. The predicted molar refractivity (Wildman–Crippen MR) is 47.3 cm³/mol. The maximum atomic E-state index is 10.0. The number of hydrogen-bond acceptors (Lipinski definition) is 2. The highest BCUT2D eigenvalue weighted by atomic mass is 16.3. The summed E-state index contributed by atoms with van der Waals surface area (Å²) in [6.45, 7) is 3.56. The van der Waals surface area contributed by atoms with Crippen molar-refractivity contribution >= 4 is 0 Å². The van der Waals surface area contributed by atoms with Gasteiger partial charge in [-0.1, -0.05) is 13.8 Å². The molecule has 1 atom stereocenters. The second-order valence-corrected chi connectivity index (χ2v) is 3.41. The van der Waals surface area contributed by atoms with Crippen LogP contribution in [0, 0.1) is 37.5 Å². The molecule has 2 heteroatoms. The molecule has 5 radical (unpaired) electrons. The predicted octanol–water partition coefficient (Wildman–Crippen LogP) is 0.771. The van der Waals surface area contributed by atoms with Crippen LogP contribution in [-0.4, -0.2) is 22.4 Å². The van der Waals surface area contributed by atoms with Crippen LogP contribution in [0.1, 0.15) is 13.8 Å². The molecule has 1 aliphatic carbocycles. The van der Waals surface area contributed by atoms with Crippen molar-refractivity contribution in [1.82, 2.24) is 0 Å². The zero-order valence-electron chi connectivity index (χ0n) is 7.49. The van der Waals surface area contributed by atoms with Gasteiger partial charge in [0.25, 0.3) is 0 Å². The Morgan fingerprint density at radius 1 is 1.33 bits per heavy atom. The number of aliphatic hydroxyl groups is 2. The van der Waals surface area contributed by atoms with Crippen LogP contribution in [-0.2, 0) is 0 Å². The van der Waals surface area contributed by atoms with Crippen LogP contribution in [0.15, 0.2) is 0 Å². The lowest BCUT2D eigenvalue weighted by Crippen LogP contribution is -2.44. The van der Waals surface area contributed by atoms with Gasteiger partial charge in [0.05, 0.1) is 12.2 Å². The van der Waals surface area contributed by atoms with Crippen molar-refractivity contribution in [2.24, 2.45) is 5.92 Å². The van der Waals surface area contributed by atoms with Crippen LogP contribution in [0.2, 0.25) is 0 Å². The molecular weight excluding hydrogens is 152 g/mol. The van der Waals surface area contributed by atoms with Gasteiger partial charge in [-0.3, -0.25) is 0 Å². The van der Waals surface area contributed by atoms with E-state index in [9.17, 15) is 5.11 Å². The molecule has 0 heterocycles. The van der Waals surface area contributed by atoms with Gasteiger partial charge in [0.15, 0.2) is 0 Å². The molecule has 67 valence electrons. The number of rotatable bonds is 3. The van der Waals surface area contributed by atoms with E-state index in [-0.39, 0.29) is 12.5 Å². The zero-order valence-corrected chi connectivity index (χ0v) is 7.49. The summed E-state index contributed by atoms with van der Waals surface area (Å²) in [5, 5.41) is 19.1. The van der Waals surface area contributed by atoms with E-state index in [4.69, 9.17) is 5.11 Å². The Bertz CT molecular complexity index is 139. The van der Waals surface area contributed by atoms with Gasteiger partial charge in [-0.05, 0) is 31.6 Å². The Morgan fingerprint density at radius 3 is 2.17 bits per heavy atom. The fourth-order valence-electron chi connectivity index (χ4n) is 1.27. The molecule has 1 rings (SSSR count). The first-order valence-corrected chi connectivity index (χ1v) is 4.16. The third kappa shape index (κ3) is 1.64. The van der Waals surface area contributed by atoms with Crippen molar-refractivity contribution < 1.29 is 10.2 Å². The summed E-state index contributed by atoms with van der Waals surface area (Å²) in [6, 6.07) is 0.